The van der Waals surface area contributed by atoms with Crippen molar-refractivity contribution in [3.05, 3.63) is 64.7 Å². The molecule has 6 nitrogen and oxygen atoms in total. The van der Waals surface area contributed by atoms with E-state index in [1.807, 2.05) is 37.3 Å². The van der Waals surface area contributed by atoms with Crippen molar-refractivity contribution in [2.75, 3.05) is 6.61 Å². The molecule has 0 aliphatic carbocycles. The second-order valence-electron chi connectivity index (χ2n) is 6.38. The average Bonchev–Trinajstić information content (AvgIpc) is 3.22. The van der Waals surface area contributed by atoms with Gasteiger partial charge in [0.05, 0.1) is 23.1 Å². The van der Waals surface area contributed by atoms with Gasteiger partial charge in [-0.3, -0.25) is 4.79 Å². The number of nitrogens with zero attached hydrogens (tertiary/aromatic N) is 2. The van der Waals surface area contributed by atoms with Crippen LogP contribution >= 0.6 is 0 Å². The summed E-state index contributed by atoms with van der Waals surface area (Å²) in [7, 11) is 0. The van der Waals surface area contributed by atoms with E-state index in [1.165, 1.54) is 0 Å². The van der Waals surface area contributed by atoms with E-state index in [1.54, 1.807) is 18.5 Å². The first kappa shape index (κ1) is 17.0. The van der Waals surface area contributed by atoms with E-state index in [-0.39, 0.29) is 5.56 Å². The Morgan fingerprint density at radius 3 is 2.81 bits per heavy atom. The molecular formula is C21H20N4O2. The Hall–Kier alpha value is -3.41. The van der Waals surface area contributed by atoms with Crippen LogP contribution in [0.3, 0.4) is 0 Å². The Balaban J connectivity index is 1.93. The molecule has 0 aliphatic rings. The molecule has 4 rings (SSSR count). The number of ether oxygens (including phenoxy) is 1. The minimum atomic E-state index is -0.163. The van der Waals surface area contributed by atoms with Gasteiger partial charge in [0.25, 0.3) is 5.56 Å². The summed E-state index contributed by atoms with van der Waals surface area (Å²) < 4.78 is 5.90. The second kappa shape index (κ2) is 7.07. The van der Waals surface area contributed by atoms with Gasteiger partial charge in [-0.05, 0) is 43.2 Å². The van der Waals surface area contributed by atoms with Gasteiger partial charge in [-0.1, -0.05) is 19.1 Å². The molecule has 4 aromatic rings. The van der Waals surface area contributed by atoms with Crippen LogP contribution in [0, 0.1) is 6.92 Å². The van der Waals surface area contributed by atoms with Crippen molar-refractivity contribution in [3.63, 3.8) is 0 Å². The Morgan fingerprint density at radius 2 is 2.04 bits per heavy atom. The first-order valence-electron chi connectivity index (χ1n) is 8.94. The number of aromatic amines is 2. The van der Waals surface area contributed by atoms with E-state index < -0.39 is 0 Å². The summed E-state index contributed by atoms with van der Waals surface area (Å²) in [6.45, 7) is 4.59. The van der Waals surface area contributed by atoms with Crippen LogP contribution in [0.25, 0.3) is 33.7 Å². The minimum absolute atomic E-state index is 0.163. The highest BCUT2D eigenvalue weighted by Crippen LogP contribution is 2.32. The number of H-pyrrole nitrogens is 2. The number of hydrogen-bond acceptors (Lipinski definition) is 4. The number of benzene rings is 2. The van der Waals surface area contributed by atoms with E-state index in [2.05, 4.69) is 21.9 Å². The Labute approximate surface area is 156 Å². The molecule has 0 spiro atoms. The number of rotatable bonds is 5. The molecule has 0 aliphatic heterocycles. The lowest BCUT2D eigenvalue weighted by molar-refractivity contribution is 0.318. The maximum atomic E-state index is 12.6. The monoisotopic (exact) mass is 360 g/mol. The third-order valence-corrected chi connectivity index (χ3v) is 4.41. The highest BCUT2D eigenvalue weighted by atomic mass is 16.5. The lowest BCUT2D eigenvalue weighted by Gasteiger charge is -2.13. The van der Waals surface area contributed by atoms with Crippen molar-refractivity contribution in [1.82, 2.24) is 19.9 Å². The molecule has 0 bridgehead atoms. The molecule has 6 heteroatoms. The van der Waals surface area contributed by atoms with Crippen LogP contribution in [0.2, 0.25) is 0 Å². The molecule has 0 saturated carbocycles. The van der Waals surface area contributed by atoms with Crippen molar-refractivity contribution in [1.29, 1.82) is 0 Å². The van der Waals surface area contributed by atoms with Gasteiger partial charge >= 0.3 is 0 Å². The van der Waals surface area contributed by atoms with Crippen molar-refractivity contribution in [2.24, 2.45) is 0 Å². The zero-order chi connectivity index (χ0) is 18.8. The summed E-state index contributed by atoms with van der Waals surface area (Å²) in [4.78, 5) is 27.7. The highest BCUT2D eigenvalue weighted by molar-refractivity contribution is 5.83. The lowest BCUT2D eigenvalue weighted by atomic mass is 10.1. The molecule has 0 unspecified atom stereocenters. The van der Waals surface area contributed by atoms with Crippen LogP contribution in [0.1, 0.15) is 18.9 Å². The Kier molecular flexibility index (Phi) is 4.46. The van der Waals surface area contributed by atoms with Crippen LogP contribution in [0.15, 0.2) is 53.6 Å². The van der Waals surface area contributed by atoms with E-state index in [4.69, 9.17) is 9.72 Å². The third kappa shape index (κ3) is 3.21. The Morgan fingerprint density at radius 1 is 1.15 bits per heavy atom. The molecule has 136 valence electrons. The van der Waals surface area contributed by atoms with Crippen molar-refractivity contribution in [2.45, 2.75) is 20.3 Å². The fraction of sp³-hybridized carbons (Fsp3) is 0.190. The van der Waals surface area contributed by atoms with Crippen LogP contribution in [-0.2, 0) is 0 Å². The molecule has 0 fully saturated rings. The van der Waals surface area contributed by atoms with Crippen LogP contribution in [0.5, 0.6) is 5.75 Å². The first-order valence-corrected chi connectivity index (χ1v) is 8.94. The van der Waals surface area contributed by atoms with Crippen molar-refractivity contribution < 1.29 is 4.74 Å². The second-order valence-corrected chi connectivity index (χ2v) is 6.38. The third-order valence-electron chi connectivity index (χ3n) is 4.41. The number of para-hydroxylation sites is 1. The van der Waals surface area contributed by atoms with E-state index >= 15 is 0 Å². The summed E-state index contributed by atoms with van der Waals surface area (Å²) in [5.41, 5.74) is 3.12. The van der Waals surface area contributed by atoms with E-state index in [9.17, 15) is 4.79 Å². The molecule has 0 radical (unpaired) electrons. The number of aryl methyl sites for hydroxylation is 1. The van der Waals surface area contributed by atoms with Crippen LogP contribution in [0.4, 0.5) is 0 Å². The topological polar surface area (TPSA) is 83.7 Å². The average molecular weight is 360 g/mol. The maximum Gasteiger partial charge on any atom is 0.259 e. The van der Waals surface area contributed by atoms with Crippen molar-refractivity contribution in [3.8, 4) is 28.5 Å². The zero-order valence-electron chi connectivity index (χ0n) is 15.2. The minimum Gasteiger partial charge on any atom is -0.493 e. The predicted molar refractivity (Wildman–Crippen MR) is 106 cm³/mol. The molecule has 2 heterocycles. The number of imidazole rings is 1. The molecule has 0 amide bonds. The summed E-state index contributed by atoms with van der Waals surface area (Å²) >= 11 is 0. The standard InChI is InChI=1S/C21H20N4O2/c1-3-11-27-17-8-7-14(19-22-9-10-23-19)12-16(17)20-24-18-13(2)5-4-6-15(18)21(26)25-20/h4-10,12H,3,11H2,1-2H3,(H,22,23)(H,24,25,26). The molecular weight excluding hydrogens is 340 g/mol. The quantitative estimate of drug-likeness (QED) is 0.562. The van der Waals surface area contributed by atoms with Gasteiger partial charge in [0, 0.05) is 18.0 Å². The van der Waals surface area contributed by atoms with Crippen LogP contribution < -0.4 is 10.3 Å². The predicted octanol–water partition coefficient (Wildman–Crippen LogP) is 4.08. The molecule has 2 N–H and O–H groups in total. The van der Waals surface area contributed by atoms with Crippen LogP contribution in [-0.4, -0.2) is 26.5 Å². The Bertz CT molecular complexity index is 1150. The van der Waals surface area contributed by atoms with Gasteiger partial charge in [0.2, 0.25) is 0 Å². The number of hydrogen-bond donors (Lipinski definition) is 2. The normalized spacial score (nSPS) is 11.0. The highest BCUT2D eigenvalue weighted by Gasteiger charge is 2.14. The SMILES string of the molecule is CCCOc1ccc(-c2ncc[nH]2)cc1-c1nc2c(C)cccc2c(=O)[nH]1. The van der Waals surface area contributed by atoms with Gasteiger partial charge in [-0.2, -0.15) is 0 Å². The molecule has 27 heavy (non-hydrogen) atoms. The maximum absolute atomic E-state index is 12.6. The molecule has 2 aromatic carbocycles. The number of nitrogens with one attached hydrogen (secondary N) is 2. The molecule has 0 saturated heterocycles. The number of fused-ring (bicyclic) bond motifs is 1. The molecule has 2 aromatic heterocycles. The molecule has 0 atom stereocenters. The van der Waals surface area contributed by atoms with E-state index in [0.717, 1.165) is 28.9 Å². The van der Waals surface area contributed by atoms with Gasteiger partial charge in [-0.25, -0.2) is 9.97 Å². The summed E-state index contributed by atoms with van der Waals surface area (Å²) in [6, 6.07) is 11.4. The van der Waals surface area contributed by atoms with Gasteiger partial charge in [0.1, 0.15) is 17.4 Å². The largest absolute Gasteiger partial charge is 0.493 e. The smallest absolute Gasteiger partial charge is 0.259 e. The fourth-order valence-corrected chi connectivity index (χ4v) is 3.06. The first-order chi connectivity index (χ1) is 13.2. The lowest BCUT2D eigenvalue weighted by Crippen LogP contribution is -2.11. The van der Waals surface area contributed by atoms with Gasteiger partial charge in [0.15, 0.2) is 0 Å². The summed E-state index contributed by atoms with van der Waals surface area (Å²) in [5, 5.41) is 0.581. The fourth-order valence-electron chi connectivity index (χ4n) is 3.06. The van der Waals surface area contributed by atoms with E-state index in [0.29, 0.717) is 29.1 Å². The van der Waals surface area contributed by atoms with Crippen molar-refractivity contribution >= 4 is 10.9 Å². The van der Waals surface area contributed by atoms with Gasteiger partial charge in [-0.15, -0.1) is 0 Å². The summed E-state index contributed by atoms with van der Waals surface area (Å²) in [6.07, 6.45) is 4.37. The number of aromatic nitrogens is 4. The van der Waals surface area contributed by atoms with Gasteiger partial charge < -0.3 is 14.7 Å². The zero-order valence-corrected chi connectivity index (χ0v) is 15.2. The summed E-state index contributed by atoms with van der Waals surface area (Å²) in [5.74, 6) is 1.92.